The largest absolute Gasteiger partial charge is 0.508 e. The molecule has 8 heteroatoms. The first-order valence-electron chi connectivity index (χ1n) is 11.8. The van der Waals surface area contributed by atoms with E-state index in [9.17, 15) is 14.4 Å². The second-order valence-corrected chi connectivity index (χ2v) is 8.69. The number of esters is 1. The summed E-state index contributed by atoms with van der Waals surface area (Å²) in [6, 6.07) is 5.67. The van der Waals surface area contributed by atoms with Crippen LogP contribution in [-0.2, 0) is 30.2 Å². The normalized spacial score (nSPS) is 21.5. The Morgan fingerprint density at radius 1 is 1.17 bits per heavy atom. The Labute approximate surface area is 206 Å². The molecule has 2 aliphatic heterocycles. The highest BCUT2D eigenvalue weighted by molar-refractivity contribution is 6.01. The number of hydrogen-bond acceptors (Lipinski definition) is 7. The Morgan fingerprint density at radius 3 is 2.51 bits per heavy atom. The first-order valence-corrected chi connectivity index (χ1v) is 11.8. The zero-order valence-corrected chi connectivity index (χ0v) is 20.7. The summed E-state index contributed by atoms with van der Waals surface area (Å²) >= 11 is 0. The average Bonchev–Trinajstić information content (AvgIpc) is 3.08. The molecule has 1 saturated heterocycles. The molecule has 0 radical (unpaired) electrons. The number of β-lactam (4-membered cyclic amide) rings is 1. The highest BCUT2D eigenvalue weighted by atomic mass is 16.7. The predicted octanol–water partition coefficient (Wildman–Crippen LogP) is 4.12. The third kappa shape index (κ3) is 5.26. The van der Waals surface area contributed by atoms with Gasteiger partial charge in [0.05, 0.1) is 12.0 Å². The van der Waals surface area contributed by atoms with Gasteiger partial charge < -0.3 is 23.8 Å². The second-order valence-electron chi connectivity index (χ2n) is 8.69. The Kier molecular flexibility index (Phi) is 8.38. The zero-order chi connectivity index (χ0) is 25.7. The predicted molar refractivity (Wildman–Crippen MR) is 130 cm³/mol. The van der Waals surface area contributed by atoms with Crippen LogP contribution < -0.4 is 4.74 Å². The van der Waals surface area contributed by atoms with Gasteiger partial charge in [-0.15, -0.1) is 0 Å². The van der Waals surface area contributed by atoms with Crippen molar-refractivity contribution in [2.24, 2.45) is 11.8 Å². The van der Waals surface area contributed by atoms with Crippen LogP contribution >= 0.6 is 0 Å². The molecular weight excluding hydrogens is 450 g/mol. The highest BCUT2D eigenvalue weighted by Gasteiger charge is 2.61. The van der Waals surface area contributed by atoms with E-state index in [2.05, 4.69) is 20.1 Å². The molecule has 0 saturated carbocycles. The number of nitrogens with zero attached hydrogens (tertiary/aromatic N) is 1. The fraction of sp³-hybridized carbons (Fsp3) is 0.444. The summed E-state index contributed by atoms with van der Waals surface area (Å²) in [6.07, 6.45) is 2.15. The van der Waals surface area contributed by atoms with Crippen molar-refractivity contribution in [3.05, 3.63) is 65.9 Å². The summed E-state index contributed by atoms with van der Waals surface area (Å²) in [6.45, 7) is 14.8. The molecule has 3 rings (SSSR count). The Bertz CT molecular complexity index is 1040. The number of aryl methyl sites for hydroxylation is 2. The minimum absolute atomic E-state index is 0.0110. The molecule has 188 valence electrons. The molecule has 0 bridgehead atoms. The summed E-state index contributed by atoms with van der Waals surface area (Å²) < 4.78 is 21.6. The summed E-state index contributed by atoms with van der Waals surface area (Å²) in [7, 11) is 0. The molecule has 2 aliphatic rings. The number of ether oxygens (including phenoxy) is 4. The van der Waals surface area contributed by atoms with Crippen LogP contribution in [0.5, 0.6) is 5.75 Å². The van der Waals surface area contributed by atoms with Crippen molar-refractivity contribution in [2.45, 2.75) is 46.3 Å². The zero-order valence-electron chi connectivity index (χ0n) is 20.7. The van der Waals surface area contributed by atoms with Crippen molar-refractivity contribution in [2.75, 3.05) is 19.8 Å². The van der Waals surface area contributed by atoms with Crippen LogP contribution in [0.25, 0.3) is 0 Å². The number of carbonyl (C=O) groups excluding carboxylic acids is 3. The fourth-order valence-electron chi connectivity index (χ4n) is 4.57. The Morgan fingerprint density at radius 2 is 1.86 bits per heavy atom. The third-order valence-electron chi connectivity index (χ3n) is 6.47. The van der Waals surface area contributed by atoms with Gasteiger partial charge in [0.2, 0.25) is 5.91 Å². The van der Waals surface area contributed by atoms with E-state index in [4.69, 9.17) is 18.9 Å². The van der Waals surface area contributed by atoms with Gasteiger partial charge in [-0.05, 0) is 37.5 Å². The standard InChI is InChI=1S/C27H33NO7/c1-7-12-32-26(30)24-20(15-34-21-14-19(9-3)11-10-16(21)4)17(5)23-22(25(29)28(23)24)18(6)35-27(31)33-13-8-2/h7-8,10-11,14,17-18,22-23H,1-2,9,12-13,15H2,3-6H3. The molecular formula is C27H33NO7. The second kappa shape index (κ2) is 11.3. The van der Waals surface area contributed by atoms with Crippen molar-refractivity contribution >= 4 is 18.0 Å². The van der Waals surface area contributed by atoms with Crippen LogP contribution in [0.4, 0.5) is 4.79 Å². The van der Waals surface area contributed by atoms with Crippen molar-refractivity contribution < 1.29 is 33.3 Å². The lowest BCUT2D eigenvalue weighted by Gasteiger charge is -2.47. The van der Waals surface area contributed by atoms with Crippen LogP contribution in [0.1, 0.15) is 31.9 Å². The molecule has 35 heavy (non-hydrogen) atoms. The molecule has 4 unspecified atom stereocenters. The van der Waals surface area contributed by atoms with Crippen molar-refractivity contribution in [3.63, 3.8) is 0 Å². The van der Waals surface area contributed by atoms with E-state index in [1.165, 1.54) is 17.1 Å². The topological polar surface area (TPSA) is 91.4 Å². The molecule has 0 aliphatic carbocycles. The van der Waals surface area contributed by atoms with Crippen LogP contribution in [0.15, 0.2) is 54.8 Å². The number of benzene rings is 1. The maximum Gasteiger partial charge on any atom is 0.508 e. The van der Waals surface area contributed by atoms with Crippen LogP contribution in [0, 0.1) is 18.8 Å². The summed E-state index contributed by atoms with van der Waals surface area (Å²) in [5.74, 6) is -1.03. The molecule has 0 spiro atoms. The average molecular weight is 484 g/mol. The molecule has 8 nitrogen and oxygen atoms in total. The third-order valence-corrected chi connectivity index (χ3v) is 6.47. The maximum absolute atomic E-state index is 13.1. The van der Waals surface area contributed by atoms with Gasteiger partial charge >= 0.3 is 12.1 Å². The van der Waals surface area contributed by atoms with Crippen molar-refractivity contribution in [3.8, 4) is 5.75 Å². The molecule has 0 N–H and O–H groups in total. The highest BCUT2D eigenvalue weighted by Crippen LogP contribution is 2.48. The van der Waals surface area contributed by atoms with E-state index in [-0.39, 0.29) is 43.4 Å². The maximum atomic E-state index is 13.1. The number of fused-ring (bicyclic) bond motifs is 1. The molecule has 1 fully saturated rings. The molecule has 1 amide bonds. The smallest absolute Gasteiger partial charge is 0.489 e. The SMILES string of the molecule is C=CCOC(=O)OC(C)C1C(=O)N2C(C(=O)OCC=C)=C(COc3cc(CC)ccc3C)C(C)C12. The molecule has 2 heterocycles. The van der Waals surface area contributed by atoms with E-state index < -0.39 is 24.1 Å². The minimum Gasteiger partial charge on any atom is -0.489 e. The van der Waals surface area contributed by atoms with E-state index in [1.54, 1.807) is 6.92 Å². The molecule has 4 atom stereocenters. The van der Waals surface area contributed by atoms with E-state index >= 15 is 0 Å². The molecule has 0 aromatic heterocycles. The first kappa shape index (κ1) is 26.1. The van der Waals surface area contributed by atoms with E-state index in [0.717, 1.165) is 23.3 Å². The van der Waals surface area contributed by atoms with E-state index in [0.29, 0.717) is 5.57 Å². The van der Waals surface area contributed by atoms with Gasteiger partial charge in [0, 0.05) is 11.5 Å². The van der Waals surface area contributed by atoms with Crippen LogP contribution in [0.3, 0.4) is 0 Å². The summed E-state index contributed by atoms with van der Waals surface area (Å²) in [5.41, 5.74) is 2.97. The van der Waals surface area contributed by atoms with Gasteiger partial charge in [0.1, 0.15) is 37.4 Å². The lowest BCUT2D eigenvalue weighted by molar-refractivity contribution is -0.164. The molecule has 1 aromatic rings. The van der Waals surface area contributed by atoms with Crippen LogP contribution in [-0.4, -0.2) is 54.9 Å². The lowest BCUT2D eigenvalue weighted by atomic mass is 9.77. The number of carbonyl (C=O) groups is 3. The number of rotatable bonds is 11. The summed E-state index contributed by atoms with van der Waals surface area (Å²) in [5, 5.41) is 0. The van der Waals surface area contributed by atoms with Gasteiger partial charge in [-0.25, -0.2) is 9.59 Å². The Hall–Kier alpha value is -3.55. The van der Waals surface area contributed by atoms with Gasteiger partial charge in [-0.3, -0.25) is 4.79 Å². The van der Waals surface area contributed by atoms with Gasteiger partial charge in [0.15, 0.2) is 0 Å². The van der Waals surface area contributed by atoms with Gasteiger partial charge in [0.25, 0.3) is 0 Å². The Balaban J connectivity index is 1.84. The summed E-state index contributed by atoms with van der Waals surface area (Å²) in [4.78, 5) is 39.5. The first-order chi connectivity index (χ1) is 16.7. The quantitative estimate of drug-likeness (QED) is 0.266. The van der Waals surface area contributed by atoms with Gasteiger partial charge in [-0.1, -0.05) is 51.3 Å². The van der Waals surface area contributed by atoms with Crippen molar-refractivity contribution in [1.29, 1.82) is 0 Å². The monoisotopic (exact) mass is 483 g/mol. The van der Waals surface area contributed by atoms with Crippen LogP contribution in [0.2, 0.25) is 0 Å². The lowest BCUT2D eigenvalue weighted by Crippen LogP contribution is -2.64. The van der Waals surface area contributed by atoms with Crippen molar-refractivity contribution in [1.82, 2.24) is 4.90 Å². The fourth-order valence-corrected chi connectivity index (χ4v) is 4.57. The van der Waals surface area contributed by atoms with Gasteiger partial charge in [-0.2, -0.15) is 0 Å². The van der Waals surface area contributed by atoms with E-state index in [1.807, 2.05) is 32.0 Å². The number of hydrogen-bond donors (Lipinski definition) is 0. The number of amides is 1. The molecule has 1 aromatic carbocycles. The minimum atomic E-state index is -0.872.